The van der Waals surface area contributed by atoms with Crippen molar-refractivity contribution >= 4 is 0 Å². The Morgan fingerprint density at radius 3 is 2.65 bits per heavy atom. The summed E-state index contributed by atoms with van der Waals surface area (Å²) in [4.78, 5) is 2.28. The molecule has 1 saturated carbocycles. The predicted octanol–water partition coefficient (Wildman–Crippen LogP) is 0.459. The van der Waals surface area contributed by atoms with Crippen LogP contribution in [-0.2, 0) is 4.74 Å². The second-order valence-electron chi connectivity index (χ2n) is 5.86. The van der Waals surface area contributed by atoms with Crippen molar-refractivity contribution in [3.8, 4) is 0 Å². The molecule has 0 bridgehead atoms. The fourth-order valence-corrected chi connectivity index (χ4v) is 2.64. The molecule has 1 heterocycles. The van der Waals surface area contributed by atoms with E-state index in [1.54, 1.807) is 0 Å². The Morgan fingerprint density at radius 2 is 2.06 bits per heavy atom. The molecule has 0 aromatic rings. The van der Waals surface area contributed by atoms with Gasteiger partial charge in [0.2, 0.25) is 0 Å². The summed E-state index contributed by atoms with van der Waals surface area (Å²) in [5, 5.41) is 13.4. The van der Waals surface area contributed by atoms with Gasteiger partial charge in [0, 0.05) is 32.7 Å². The molecule has 0 amide bonds. The van der Waals surface area contributed by atoms with Crippen LogP contribution < -0.4 is 5.32 Å². The van der Waals surface area contributed by atoms with Crippen molar-refractivity contribution in [2.75, 3.05) is 45.9 Å². The second kappa shape index (κ2) is 6.14. The molecule has 2 fully saturated rings. The molecule has 2 N–H and O–H groups in total. The minimum Gasteiger partial charge on any atom is -0.390 e. The number of nitrogens with one attached hydrogen (secondary N) is 1. The zero-order chi connectivity index (χ0) is 12.1. The molecule has 17 heavy (non-hydrogen) atoms. The molecule has 1 unspecified atom stereocenters. The monoisotopic (exact) mass is 242 g/mol. The fraction of sp³-hybridized carbons (Fsp3) is 1.00. The van der Waals surface area contributed by atoms with Gasteiger partial charge in [-0.1, -0.05) is 13.3 Å². The number of aliphatic hydroxyl groups excluding tert-OH is 1. The van der Waals surface area contributed by atoms with Crippen molar-refractivity contribution in [1.82, 2.24) is 10.2 Å². The average molecular weight is 242 g/mol. The Kier molecular flexibility index (Phi) is 4.79. The maximum Gasteiger partial charge on any atom is 0.0791 e. The van der Waals surface area contributed by atoms with Crippen LogP contribution in [0.4, 0.5) is 0 Å². The molecule has 2 aliphatic rings. The van der Waals surface area contributed by atoms with E-state index in [9.17, 15) is 5.11 Å². The van der Waals surface area contributed by atoms with E-state index < -0.39 is 0 Å². The van der Waals surface area contributed by atoms with Gasteiger partial charge in [-0.25, -0.2) is 0 Å². The third-order valence-corrected chi connectivity index (χ3v) is 4.07. The Hall–Kier alpha value is -0.160. The minimum atomic E-state index is -0.253. The highest BCUT2D eigenvalue weighted by Crippen LogP contribution is 2.39. The van der Waals surface area contributed by atoms with Crippen LogP contribution in [0.5, 0.6) is 0 Å². The molecule has 1 saturated heterocycles. The van der Waals surface area contributed by atoms with Crippen molar-refractivity contribution in [3.63, 3.8) is 0 Å². The van der Waals surface area contributed by atoms with E-state index in [2.05, 4.69) is 17.1 Å². The first-order chi connectivity index (χ1) is 8.18. The van der Waals surface area contributed by atoms with Crippen LogP contribution in [0.3, 0.4) is 0 Å². The molecule has 1 aliphatic heterocycles. The van der Waals surface area contributed by atoms with E-state index in [0.29, 0.717) is 12.0 Å². The van der Waals surface area contributed by atoms with Gasteiger partial charge in [-0.3, -0.25) is 4.90 Å². The lowest BCUT2D eigenvalue weighted by molar-refractivity contribution is 0.0140. The topological polar surface area (TPSA) is 44.7 Å². The lowest BCUT2D eigenvalue weighted by Gasteiger charge is -2.39. The summed E-state index contributed by atoms with van der Waals surface area (Å²) < 4.78 is 5.29. The number of ether oxygens (including phenoxy) is 1. The first kappa shape index (κ1) is 13.3. The fourth-order valence-electron chi connectivity index (χ4n) is 2.64. The third-order valence-electron chi connectivity index (χ3n) is 4.07. The highest BCUT2D eigenvalue weighted by atomic mass is 16.5. The largest absolute Gasteiger partial charge is 0.390 e. The third kappa shape index (κ3) is 4.21. The number of hydrogen-bond donors (Lipinski definition) is 2. The van der Waals surface area contributed by atoms with Gasteiger partial charge in [0.15, 0.2) is 0 Å². The first-order valence-electron chi connectivity index (χ1n) is 6.87. The standard InChI is InChI=1S/C13H26N2O2/c1-13(3-2-4-13)11-14-9-12(16)10-15-5-7-17-8-6-15/h12,14,16H,2-11H2,1H3. The molecule has 0 spiro atoms. The summed E-state index contributed by atoms with van der Waals surface area (Å²) in [6, 6.07) is 0. The molecule has 4 heteroatoms. The molecule has 100 valence electrons. The summed E-state index contributed by atoms with van der Waals surface area (Å²) in [6.07, 6.45) is 3.78. The number of rotatable bonds is 6. The van der Waals surface area contributed by atoms with Crippen LogP contribution in [0.2, 0.25) is 0 Å². The quantitative estimate of drug-likeness (QED) is 0.710. The Balaban J connectivity index is 1.55. The van der Waals surface area contributed by atoms with Crippen LogP contribution in [0, 0.1) is 5.41 Å². The zero-order valence-electron chi connectivity index (χ0n) is 11.0. The lowest BCUT2D eigenvalue weighted by Crippen LogP contribution is -2.45. The average Bonchev–Trinajstić information content (AvgIpc) is 2.28. The van der Waals surface area contributed by atoms with Gasteiger partial charge in [-0.05, 0) is 18.3 Å². The summed E-state index contributed by atoms with van der Waals surface area (Å²) >= 11 is 0. The van der Waals surface area contributed by atoms with Gasteiger partial charge < -0.3 is 15.2 Å². The molecule has 0 aromatic heterocycles. The van der Waals surface area contributed by atoms with Crippen LogP contribution in [0.15, 0.2) is 0 Å². The number of morpholine rings is 1. The van der Waals surface area contributed by atoms with Crippen LogP contribution in [0.1, 0.15) is 26.2 Å². The van der Waals surface area contributed by atoms with Gasteiger partial charge in [-0.15, -0.1) is 0 Å². The van der Waals surface area contributed by atoms with E-state index in [4.69, 9.17) is 4.74 Å². The molecular formula is C13H26N2O2. The summed E-state index contributed by atoms with van der Waals surface area (Å²) in [7, 11) is 0. The predicted molar refractivity (Wildman–Crippen MR) is 68.1 cm³/mol. The first-order valence-corrected chi connectivity index (χ1v) is 6.87. The van der Waals surface area contributed by atoms with Gasteiger partial charge in [-0.2, -0.15) is 0 Å². The number of hydrogen-bond acceptors (Lipinski definition) is 4. The van der Waals surface area contributed by atoms with Crippen molar-refractivity contribution in [3.05, 3.63) is 0 Å². The smallest absolute Gasteiger partial charge is 0.0791 e. The molecule has 1 atom stereocenters. The number of aliphatic hydroxyl groups is 1. The van der Waals surface area contributed by atoms with Crippen LogP contribution in [0.25, 0.3) is 0 Å². The normalized spacial score (nSPS) is 26.5. The highest BCUT2D eigenvalue weighted by molar-refractivity contribution is 4.85. The zero-order valence-corrected chi connectivity index (χ0v) is 11.0. The van der Waals surface area contributed by atoms with E-state index in [-0.39, 0.29) is 6.10 Å². The van der Waals surface area contributed by atoms with Gasteiger partial charge in [0.05, 0.1) is 19.3 Å². The number of β-amino-alcohol motifs (C(OH)–C–C–N with tert-alkyl or cyclic N) is 1. The molecule has 1 aliphatic carbocycles. The van der Waals surface area contributed by atoms with Crippen LogP contribution >= 0.6 is 0 Å². The minimum absolute atomic E-state index is 0.253. The maximum atomic E-state index is 9.94. The van der Waals surface area contributed by atoms with Crippen molar-refractivity contribution in [2.45, 2.75) is 32.3 Å². The number of nitrogens with zero attached hydrogens (tertiary/aromatic N) is 1. The summed E-state index contributed by atoms with van der Waals surface area (Å²) in [6.45, 7) is 8.38. The van der Waals surface area contributed by atoms with E-state index in [1.807, 2.05) is 0 Å². The molecule has 2 rings (SSSR count). The SMILES string of the molecule is CC1(CNCC(O)CN2CCOCC2)CCC1. The Bertz CT molecular complexity index is 225. The van der Waals surface area contributed by atoms with E-state index in [0.717, 1.165) is 39.4 Å². The molecule has 4 nitrogen and oxygen atoms in total. The molecule has 0 aromatic carbocycles. The van der Waals surface area contributed by atoms with Gasteiger partial charge >= 0.3 is 0 Å². The second-order valence-corrected chi connectivity index (χ2v) is 5.86. The molecule has 0 radical (unpaired) electrons. The maximum absolute atomic E-state index is 9.94. The van der Waals surface area contributed by atoms with Gasteiger partial charge in [0.1, 0.15) is 0 Å². The van der Waals surface area contributed by atoms with Gasteiger partial charge in [0.25, 0.3) is 0 Å². The Morgan fingerprint density at radius 1 is 1.35 bits per heavy atom. The molecular weight excluding hydrogens is 216 g/mol. The van der Waals surface area contributed by atoms with E-state index >= 15 is 0 Å². The summed E-state index contributed by atoms with van der Waals surface area (Å²) in [5.41, 5.74) is 0.499. The Labute approximate surface area is 104 Å². The van der Waals surface area contributed by atoms with Crippen LogP contribution in [-0.4, -0.2) is 62.0 Å². The van der Waals surface area contributed by atoms with E-state index in [1.165, 1.54) is 19.3 Å². The lowest BCUT2D eigenvalue weighted by atomic mass is 9.70. The summed E-state index contributed by atoms with van der Waals surface area (Å²) in [5.74, 6) is 0. The highest BCUT2D eigenvalue weighted by Gasteiger charge is 2.31. The van der Waals surface area contributed by atoms with Crippen molar-refractivity contribution in [1.29, 1.82) is 0 Å². The van der Waals surface area contributed by atoms with Crippen molar-refractivity contribution in [2.24, 2.45) is 5.41 Å². The van der Waals surface area contributed by atoms with Crippen molar-refractivity contribution < 1.29 is 9.84 Å².